The molecule has 6 heteroatoms. The van der Waals surface area contributed by atoms with Crippen LogP contribution in [0, 0.1) is 0 Å². The molecule has 0 aliphatic rings. The third-order valence-corrected chi connectivity index (χ3v) is 2.55. The second-order valence-corrected chi connectivity index (χ2v) is 5.05. The molecule has 3 N–H and O–H groups in total. The van der Waals surface area contributed by atoms with E-state index in [1.54, 1.807) is 39.0 Å². The van der Waals surface area contributed by atoms with E-state index in [1.807, 2.05) is 0 Å². The van der Waals surface area contributed by atoms with Crippen molar-refractivity contribution in [1.29, 1.82) is 0 Å². The van der Waals surface area contributed by atoms with Crippen molar-refractivity contribution in [2.24, 2.45) is 0 Å². The van der Waals surface area contributed by atoms with Crippen molar-refractivity contribution in [2.45, 2.75) is 26.3 Å². The van der Waals surface area contributed by atoms with Gasteiger partial charge in [0.15, 0.2) is 11.4 Å². The molecule has 6 nitrogen and oxygen atoms in total. The summed E-state index contributed by atoms with van der Waals surface area (Å²) < 4.78 is 5.12. The molecule has 0 saturated heterocycles. The molecule has 96 valence electrons. The fourth-order valence-electron chi connectivity index (χ4n) is 1.80. The van der Waals surface area contributed by atoms with E-state index < -0.39 is 11.6 Å². The zero-order valence-corrected chi connectivity index (χ0v) is 10.5. The van der Waals surface area contributed by atoms with Gasteiger partial charge in [-0.3, -0.25) is 4.90 Å². The summed E-state index contributed by atoms with van der Waals surface area (Å²) in [5.41, 5.74) is 6.12. The van der Waals surface area contributed by atoms with Gasteiger partial charge in [-0.1, -0.05) is 5.16 Å². The number of nitrogens with two attached hydrogens (primary N) is 1. The fourth-order valence-corrected chi connectivity index (χ4v) is 1.80. The van der Waals surface area contributed by atoms with Crippen LogP contribution in [0.5, 0.6) is 0 Å². The smallest absolute Gasteiger partial charge is 0.413 e. The van der Waals surface area contributed by atoms with E-state index in [0.717, 1.165) is 4.90 Å². The average Bonchev–Trinajstić information content (AvgIpc) is 2.59. The molecule has 0 fully saturated rings. The molecule has 0 radical (unpaired) electrons. The second kappa shape index (κ2) is 3.90. The van der Waals surface area contributed by atoms with Crippen molar-refractivity contribution in [1.82, 2.24) is 5.16 Å². The Balaban J connectivity index is 2.65. The Labute approximate surface area is 104 Å². The van der Waals surface area contributed by atoms with Gasteiger partial charge in [0.2, 0.25) is 0 Å². The lowest BCUT2D eigenvalue weighted by atomic mass is 10.1. The number of nitrogen functional groups attached to an aromatic ring is 1. The number of carboxylic acid groups (broad SMARTS) is 1. The first-order chi connectivity index (χ1) is 8.30. The summed E-state index contributed by atoms with van der Waals surface area (Å²) in [7, 11) is 0. The van der Waals surface area contributed by atoms with Crippen molar-refractivity contribution in [2.75, 3.05) is 10.6 Å². The van der Waals surface area contributed by atoms with E-state index in [0.29, 0.717) is 16.7 Å². The molecule has 0 spiro atoms. The van der Waals surface area contributed by atoms with E-state index in [2.05, 4.69) is 5.16 Å². The minimum absolute atomic E-state index is 0.261. The lowest BCUT2D eigenvalue weighted by molar-refractivity contribution is 0.195. The van der Waals surface area contributed by atoms with Crippen molar-refractivity contribution < 1.29 is 14.4 Å². The van der Waals surface area contributed by atoms with Crippen LogP contribution in [-0.4, -0.2) is 21.9 Å². The summed E-state index contributed by atoms with van der Waals surface area (Å²) >= 11 is 0. The molecule has 1 amide bonds. The number of hydrogen-bond donors (Lipinski definition) is 2. The highest BCUT2D eigenvalue weighted by Gasteiger charge is 2.31. The van der Waals surface area contributed by atoms with Gasteiger partial charge >= 0.3 is 6.09 Å². The summed E-state index contributed by atoms with van der Waals surface area (Å²) in [5, 5.41) is 13.8. The summed E-state index contributed by atoms with van der Waals surface area (Å²) in [6.45, 7) is 5.36. The number of aromatic nitrogens is 1. The first-order valence-electron chi connectivity index (χ1n) is 5.49. The van der Waals surface area contributed by atoms with Crippen LogP contribution >= 0.6 is 0 Å². The van der Waals surface area contributed by atoms with E-state index in [1.165, 1.54) is 0 Å². The van der Waals surface area contributed by atoms with Gasteiger partial charge in [0.25, 0.3) is 0 Å². The standard InChI is InChI=1S/C12H15N3O3/c1-12(2,3)15(11(16)17)10-8-6-7(13)4-5-9(8)18-14-10/h4-6H,13H2,1-3H3,(H,16,17). The SMILES string of the molecule is CC(C)(C)N(C(=O)O)c1noc2ccc(N)cc12. The number of nitrogens with zero attached hydrogens (tertiary/aromatic N) is 2. The van der Waals surface area contributed by atoms with Gasteiger partial charge in [0, 0.05) is 11.2 Å². The molecule has 0 bridgehead atoms. The average molecular weight is 249 g/mol. The Morgan fingerprint density at radius 1 is 1.44 bits per heavy atom. The van der Waals surface area contributed by atoms with Gasteiger partial charge in [-0.05, 0) is 39.0 Å². The maximum absolute atomic E-state index is 11.4. The van der Waals surface area contributed by atoms with Crippen molar-refractivity contribution in [3.05, 3.63) is 18.2 Å². The molecule has 0 atom stereocenters. The van der Waals surface area contributed by atoms with E-state index in [-0.39, 0.29) is 5.82 Å². The topological polar surface area (TPSA) is 92.6 Å². The highest BCUT2D eigenvalue weighted by atomic mass is 16.5. The third-order valence-electron chi connectivity index (χ3n) is 2.55. The maximum atomic E-state index is 11.4. The zero-order valence-electron chi connectivity index (χ0n) is 10.5. The summed E-state index contributed by atoms with van der Waals surface area (Å²) in [5.74, 6) is 0.261. The normalized spacial score (nSPS) is 11.7. The molecule has 0 aliphatic carbocycles. The molecule has 0 aliphatic heterocycles. The first-order valence-corrected chi connectivity index (χ1v) is 5.49. The van der Waals surface area contributed by atoms with Gasteiger partial charge in [-0.2, -0.15) is 0 Å². The number of amides is 1. The van der Waals surface area contributed by atoms with E-state index in [4.69, 9.17) is 10.3 Å². The van der Waals surface area contributed by atoms with Gasteiger partial charge in [0.1, 0.15) is 0 Å². The Bertz CT molecular complexity index is 598. The molecular weight excluding hydrogens is 234 g/mol. The molecule has 0 unspecified atom stereocenters. The van der Waals surface area contributed by atoms with Gasteiger partial charge in [-0.15, -0.1) is 0 Å². The highest BCUT2D eigenvalue weighted by Crippen LogP contribution is 2.31. The number of hydrogen-bond acceptors (Lipinski definition) is 4. The summed E-state index contributed by atoms with van der Waals surface area (Å²) in [6.07, 6.45) is -1.08. The second-order valence-electron chi connectivity index (χ2n) is 5.05. The Kier molecular flexibility index (Phi) is 2.65. The first kappa shape index (κ1) is 12.2. The van der Waals surface area contributed by atoms with Crippen LogP contribution in [0.3, 0.4) is 0 Å². The van der Waals surface area contributed by atoms with Crippen LogP contribution in [0.15, 0.2) is 22.7 Å². The van der Waals surface area contributed by atoms with Gasteiger partial charge in [0.05, 0.1) is 5.39 Å². The highest BCUT2D eigenvalue weighted by molar-refractivity contribution is 5.99. The zero-order chi connectivity index (χ0) is 13.5. The number of benzene rings is 1. The predicted molar refractivity (Wildman–Crippen MR) is 68.7 cm³/mol. The van der Waals surface area contributed by atoms with Crippen LogP contribution in [0.2, 0.25) is 0 Å². The van der Waals surface area contributed by atoms with Crippen LogP contribution in [-0.2, 0) is 0 Å². The van der Waals surface area contributed by atoms with Crippen LogP contribution in [0.25, 0.3) is 11.0 Å². The maximum Gasteiger partial charge on any atom is 0.413 e. The Morgan fingerprint density at radius 3 is 2.67 bits per heavy atom. The summed E-state index contributed by atoms with van der Waals surface area (Å²) in [6, 6.07) is 5.01. The van der Waals surface area contributed by atoms with Crippen LogP contribution < -0.4 is 10.6 Å². The minimum Gasteiger partial charge on any atom is -0.465 e. The molecule has 18 heavy (non-hydrogen) atoms. The van der Waals surface area contributed by atoms with E-state index >= 15 is 0 Å². The molecular formula is C12H15N3O3. The number of rotatable bonds is 1. The lowest BCUT2D eigenvalue weighted by Crippen LogP contribution is -2.45. The molecule has 1 aromatic carbocycles. The van der Waals surface area contributed by atoms with Crippen molar-refractivity contribution in [3.8, 4) is 0 Å². The predicted octanol–water partition coefficient (Wildman–Crippen LogP) is 2.69. The molecule has 0 saturated carbocycles. The lowest BCUT2D eigenvalue weighted by Gasteiger charge is -2.30. The fraction of sp³-hybridized carbons (Fsp3) is 0.333. The largest absolute Gasteiger partial charge is 0.465 e. The van der Waals surface area contributed by atoms with Crippen LogP contribution in [0.1, 0.15) is 20.8 Å². The quantitative estimate of drug-likeness (QED) is 0.758. The van der Waals surface area contributed by atoms with Crippen molar-refractivity contribution in [3.63, 3.8) is 0 Å². The Hall–Kier alpha value is -2.24. The molecule has 2 aromatic rings. The third kappa shape index (κ3) is 1.97. The minimum atomic E-state index is -1.08. The van der Waals surface area contributed by atoms with Gasteiger partial charge < -0.3 is 15.4 Å². The Morgan fingerprint density at radius 2 is 2.11 bits per heavy atom. The summed E-state index contributed by atoms with van der Waals surface area (Å²) in [4.78, 5) is 12.6. The molecule has 1 heterocycles. The van der Waals surface area contributed by atoms with E-state index in [9.17, 15) is 9.90 Å². The number of fused-ring (bicyclic) bond motifs is 1. The van der Waals surface area contributed by atoms with Gasteiger partial charge in [-0.25, -0.2) is 4.79 Å². The number of carbonyl (C=O) groups is 1. The molecule has 1 aromatic heterocycles. The monoisotopic (exact) mass is 249 g/mol. The van der Waals surface area contributed by atoms with Crippen molar-refractivity contribution >= 4 is 28.6 Å². The molecule has 2 rings (SSSR count). The van der Waals surface area contributed by atoms with Crippen LogP contribution in [0.4, 0.5) is 16.3 Å². The number of anilines is 2.